The Labute approximate surface area is 115 Å². The zero-order chi connectivity index (χ0) is 13.0. The number of halogens is 1. The molecule has 0 unspecified atom stereocenters. The Morgan fingerprint density at radius 2 is 2.06 bits per heavy atom. The van der Waals surface area contributed by atoms with Gasteiger partial charge in [-0.15, -0.1) is 0 Å². The number of guanidine groups is 1. The molecular weight excluding hydrogens is 296 g/mol. The monoisotopic (exact) mass is 312 g/mol. The average Bonchev–Trinajstić information content (AvgIpc) is 2.38. The first kappa shape index (κ1) is 13.2. The van der Waals surface area contributed by atoms with Crippen molar-refractivity contribution in [3.8, 4) is 0 Å². The molecule has 0 radical (unpaired) electrons. The van der Waals surface area contributed by atoms with Crippen LogP contribution in [0, 0.1) is 0 Å². The minimum atomic E-state index is 0.117. The summed E-state index contributed by atoms with van der Waals surface area (Å²) in [6, 6.07) is 6.14. The van der Waals surface area contributed by atoms with E-state index in [0.29, 0.717) is 6.54 Å². The second-order valence-electron chi connectivity index (χ2n) is 4.11. The predicted octanol–water partition coefficient (Wildman–Crippen LogP) is 1.06. The highest BCUT2D eigenvalue weighted by molar-refractivity contribution is 9.10. The van der Waals surface area contributed by atoms with Crippen LogP contribution in [0.1, 0.15) is 5.56 Å². The van der Waals surface area contributed by atoms with Gasteiger partial charge in [0, 0.05) is 23.2 Å². The average molecular weight is 313 g/mol. The van der Waals surface area contributed by atoms with Gasteiger partial charge < -0.3 is 21.1 Å². The third-order valence-electron chi connectivity index (χ3n) is 2.83. The van der Waals surface area contributed by atoms with E-state index in [9.17, 15) is 0 Å². The fourth-order valence-corrected chi connectivity index (χ4v) is 2.29. The van der Waals surface area contributed by atoms with Gasteiger partial charge in [0.1, 0.15) is 0 Å². The van der Waals surface area contributed by atoms with Gasteiger partial charge in [-0.2, -0.15) is 0 Å². The van der Waals surface area contributed by atoms with E-state index < -0.39 is 0 Å². The first-order valence-electron chi connectivity index (χ1n) is 5.83. The van der Waals surface area contributed by atoms with Gasteiger partial charge in [-0.3, -0.25) is 0 Å². The third kappa shape index (κ3) is 3.36. The van der Waals surface area contributed by atoms with Crippen LogP contribution in [0.2, 0.25) is 0 Å². The number of ether oxygens (including phenoxy) is 1. The lowest BCUT2D eigenvalue weighted by Crippen LogP contribution is -2.36. The number of nitrogens with zero attached hydrogens (tertiary/aromatic N) is 2. The van der Waals surface area contributed by atoms with Crippen molar-refractivity contribution < 1.29 is 4.74 Å². The van der Waals surface area contributed by atoms with Crippen LogP contribution in [0.5, 0.6) is 0 Å². The molecule has 0 spiro atoms. The summed E-state index contributed by atoms with van der Waals surface area (Å²) in [5.41, 5.74) is 13.1. The molecule has 0 amide bonds. The SMILES string of the molecule is NC(N)=NCc1ccc(Br)cc1N1CCOCC1. The van der Waals surface area contributed by atoms with Crippen LogP contribution in [0.25, 0.3) is 0 Å². The largest absolute Gasteiger partial charge is 0.378 e. The standard InChI is InChI=1S/C12H17BrN4O/c13-10-2-1-9(8-16-12(14)15)11(7-10)17-3-5-18-6-4-17/h1-2,7H,3-6,8H2,(H4,14,15,16). The van der Waals surface area contributed by atoms with Crippen LogP contribution in [-0.2, 0) is 11.3 Å². The number of morpholine rings is 1. The number of anilines is 1. The summed E-state index contributed by atoms with van der Waals surface area (Å²) in [4.78, 5) is 6.38. The Hall–Kier alpha value is -1.27. The van der Waals surface area contributed by atoms with Crippen molar-refractivity contribution in [1.82, 2.24) is 0 Å². The number of hydrogen-bond acceptors (Lipinski definition) is 3. The van der Waals surface area contributed by atoms with Crippen molar-refractivity contribution in [2.45, 2.75) is 6.54 Å². The molecule has 0 atom stereocenters. The smallest absolute Gasteiger partial charge is 0.186 e. The normalized spacial score (nSPS) is 15.5. The highest BCUT2D eigenvalue weighted by Gasteiger charge is 2.14. The summed E-state index contributed by atoms with van der Waals surface area (Å²) >= 11 is 3.50. The molecule has 1 aliphatic rings. The molecule has 98 valence electrons. The van der Waals surface area contributed by atoms with E-state index in [4.69, 9.17) is 16.2 Å². The van der Waals surface area contributed by atoms with Crippen molar-refractivity contribution in [3.63, 3.8) is 0 Å². The van der Waals surface area contributed by atoms with E-state index in [2.05, 4.69) is 31.9 Å². The zero-order valence-electron chi connectivity index (χ0n) is 10.1. The first-order valence-corrected chi connectivity index (χ1v) is 6.62. The number of aliphatic imine (C=N–C) groups is 1. The van der Waals surface area contributed by atoms with Gasteiger partial charge in [0.05, 0.1) is 19.8 Å². The first-order chi connectivity index (χ1) is 8.66. The number of hydrogen-bond donors (Lipinski definition) is 2. The van der Waals surface area contributed by atoms with Crippen LogP contribution in [0.3, 0.4) is 0 Å². The van der Waals surface area contributed by atoms with Gasteiger partial charge in [0.25, 0.3) is 0 Å². The topological polar surface area (TPSA) is 76.9 Å². The Bertz CT molecular complexity index is 440. The van der Waals surface area contributed by atoms with Crippen LogP contribution >= 0.6 is 15.9 Å². The highest BCUT2D eigenvalue weighted by atomic mass is 79.9. The minimum Gasteiger partial charge on any atom is -0.378 e. The Morgan fingerprint density at radius 1 is 1.33 bits per heavy atom. The molecule has 1 aliphatic heterocycles. The highest BCUT2D eigenvalue weighted by Crippen LogP contribution is 2.26. The minimum absolute atomic E-state index is 0.117. The molecule has 0 saturated carbocycles. The van der Waals surface area contributed by atoms with E-state index in [-0.39, 0.29) is 5.96 Å². The van der Waals surface area contributed by atoms with Crippen molar-refractivity contribution >= 4 is 27.6 Å². The third-order valence-corrected chi connectivity index (χ3v) is 3.32. The number of rotatable bonds is 3. The van der Waals surface area contributed by atoms with Gasteiger partial charge in [-0.05, 0) is 17.7 Å². The lowest BCUT2D eigenvalue weighted by molar-refractivity contribution is 0.122. The van der Waals surface area contributed by atoms with E-state index >= 15 is 0 Å². The Kier molecular flexibility index (Phi) is 4.43. The van der Waals surface area contributed by atoms with Crippen molar-refractivity contribution in [3.05, 3.63) is 28.2 Å². The fraction of sp³-hybridized carbons (Fsp3) is 0.417. The summed E-state index contributed by atoms with van der Waals surface area (Å²) in [5.74, 6) is 0.117. The molecule has 1 heterocycles. The molecule has 2 rings (SSSR count). The lowest BCUT2D eigenvalue weighted by atomic mass is 10.1. The van der Waals surface area contributed by atoms with Crippen molar-refractivity contribution in [2.24, 2.45) is 16.5 Å². The molecule has 1 fully saturated rings. The molecule has 6 heteroatoms. The molecule has 5 nitrogen and oxygen atoms in total. The second kappa shape index (κ2) is 6.06. The summed E-state index contributed by atoms with van der Waals surface area (Å²) in [7, 11) is 0. The number of nitrogens with two attached hydrogens (primary N) is 2. The van der Waals surface area contributed by atoms with Gasteiger partial charge in [0.2, 0.25) is 0 Å². The van der Waals surface area contributed by atoms with Gasteiger partial charge in [-0.1, -0.05) is 22.0 Å². The molecule has 0 bridgehead atoms. The number of benzene rings is 1. The molecule has 4 N–H and O–H groups in total. The molecular formula is C12H17BrN4O. The quantitative estimate of drug-likeness (QED) is 0.646. The van der Waals surface area contributed by atoms with E-state index in [1.807, 2.05) is 12.1 Å². The Morgan fingerprint density at radius 3 is 2.72 bits per heavy atom. The van der Waals surface area contributed by atoms with Gasteiger partial charge >= 0.3 is 0 Å². The maximum atomic E-state index is 5.38. The van der Waals surface area contributed by atoms with E-state index in [1.54, 1.807) is 0 Å². The van der Waals surface area contributed by atoms with Gasteiger partial charge in [0.15, 0.2) is 5.96 Å². The van der Waals surface area contributed by atoms with Crippen molar-refractivity contribution in [1.29, 1.82) is 0 Å². The Balaban J connectivity index is 2.24. The van der Waals surface area contributed by atoms with Gasteiger partial charge in [-0.25, -0.2) is 4.99 Å². The maximum absolute atomic E-state index is 5.38. The maximum Gasteiger partial charge on any atom is 0.186 e. The molecule has 0 aliphatic carbocycles. The van der Waals surface area contributed by atoms with Crippen LogP contribution in [-0.4, -0.2) is 32.3 Å². The van der Waals surface area contributed by atoms with Crippen LogP contribution in [0.4, 0.5) is 5.69 Å². The van der Waals surface area contributed by atoms with E-state index in [1.165, 1.54) is 0 Å². The summed E-state index contributed by atoms with van der Waals surface area (Å²) in [6.07, 6.45) is 0. The molecule has 1 aromatic rings. The fourth-order valence-electron chi connectivity index (χ4n) is 1.95. The van der Waals surface area contributed by atoms with Crippen LogP contribution < -0.4 is 16.4 Å². The zero-order valence-corrected chi connectivity index (χ0v) is 11.7. The van der Waals surface area contributed by atoms with E-state index in [0.717, 1.165) is 42.0 Å². The molecule has 0 aromatic heterocycles. The van der Waals surface area contributed by atoms with Crippen LogP contribution in [0.15, 0.2) is 27.7 Å². The molecule has 1 aromatic carbocycles. The second-order valence-corrected chi connectivity index (χ2v) is 5.03. The van der Waals surface area contributed by atoms with Crippen molar-refractivity contribution in [2.75, 3.05) is 31.2 Å². The lowest BCUT2D eigenvalue weighted by Gasteiger charge is -2.30. The molecule has 1 saturated heterocycles. The summed E-state index contributed by atoms with van der Waals surface area (Å²) in [6.45, 7) is 3.81. The predicted molar refractivity (Wildman–Crippen MR) is 76.7 cm³/mol. The summed E-state index contributed by atoms with van der Waals surface area (Å²) < 4.78 is 6.42. The molecule has 18 heavy (non-hydrogen) atoms. The summed E-state index contributed by atoms with van der Waals surface area (Å²) in [5, 5.41) is 0.